The third kappa shape index (κ3) is 2.56. The largest absolute Gasteiger partial charge is 0.386 e. The molecule has 0 spiro atoms. The predicted octanol–water partition coefficient (Wildman–Crippen LogP) is 3.68. The molecule has 2 heteroatoms. The Bertz CT molecular complexity index is 405. The van der Waals surface area contributed by atoms with Crippen LogP contribution in [0.25, 0.3) is 0 Å². The van der Waals surface area contributed by atoms with Gasteiger partial charge in [-0.15, -0.1) is 0 Å². The SMILES string of the molecule is CCC(CC)(C(O)c1ccccc1C)N1CCCC1. The summed E-state index contributed by atoms with van der Waals surface area (Å²) in [7, 11) is 0. The number of aryl methyl sites for hydroxylation is 1. The van der Waals surface area contributed by atoms with E-state index in [2.05, 4.69) is 37.8 Å². The molecule has 0 bridgehead atoms. The third-order valence-electron chi connectivity index (χ3n) is 4.95. The quantitative estimate of drug-likeness (QED) is 0.874. The van der Waals surface area contributed by atoms with Crippen molar-refractivity contribution in [3.63, 3.8) is 0 Å². The first-order valence-corrected chi connectivity index (χ1v) is 7.64. The van der Waals surface area contributed by atoms with Crippen LogP contribution in [-0.2, 0) is 0 Å². The maximum atomic E-state index is 11.0. The standard InChI is InChI=1S/C17H27NO/c1-4-17(5-2,18-12-8-9-13-18)16(19)15-11-7-6-10-14(15)3/h6-7,10-11,16,19H,4-5,8-9,12-13H2,1-3H3. The van der Waals surface area contributed by atoms with Gasteiger partial charge in [0.05, 0.1) is 11.6 Å². The van der Waals surface area contributed by atoms with E-state index < -0.39 is 0 Å². The Hall–Kier alpha value is -0.860. The van der Waals surface area contributed by atoms with Crippen LogP contribution in [0.1, 0.15) is 56.8 Å². The van der Waals surface area contributed by atoms with E-state index in [1.807, 2.05) is 12.1 Å². The van der Waals surface area contributed by atoms with Crippen molar-refractivity contribution < 1.29 is 5.11 Å². The molecule has 1 fully saturated rings. The van der Waals surface area contributed by atoms with Gasteiger partial charge in [-0.25, -0.2) is 0 Å². The summed E-state index contributed by atoms with van der Waals surface area (Å²) in [5, 5.41) is 11.0. The van der Waals surface area contributed by atoms with Gasteiger partial charge in [-0.1, -0.05) is 38.1 Å². The summed E-state index contributed by atoms with van der Waals surface area (Å²) in [5.41, 5.74) is 2.20. The van der Waals surface area contributed by atoms with Gasteiger partial charge in [0.25, 0.3) is 0 Å². The summed E-state index contributed by atoms with van der Waals surface area (Å²) in [6.07, 6.45) is 4.14. The summed E-state index contributed by atoms with van der Waals surface area (Å²) in [6, 6.07) is 8.25. The minimum Gasteiger partial charge on any atom is -0.386 e. The first kappa shape index (κ1) is 14.5. The summed E-state index contributed by atoms with van der Waals surface area (Å²) >= 11 is 0. The minimum atomic E-state index is -0.387. The van der Waals surface area contributed by atoms with Gasteiger partial charge in [-0.3, -0.25) is 4.90 Å². The number of aliphatic hydroxyl groups excluding tert-OH is 1. The molecule has 1 N–H and O–H groups in total. The molecule has 0 aliphatic carbocycles. The lowest BCUT2D eigenvalue weighted by atomic mass is 9.80. The Balaban J connectivity index is 2.35. The van der Waals surface area contributed by atoms with Crippen LogP contribution in [0.2, 0.25) is 0 Å². The maximum absolute atomic E-state index is 11.0. The van der Waals surface area contributed by atoms with E-state index >= 15 is 0 Å². The highest BCUT2D eigenvalue weighted by Crippen LogP contribution is 2.40. The van der Waals surface area contributed by atoms with Gasteiger partial charge in [0, 0.05) is 0 Å². The lowest BCUT2D eigenvalue weighted by molar-refractivity contribution is -0.0298. The van der Waals surface area contributed by atoms with Crippen LogP contribution in [-0.4, -0.2) is 28.6 Å². The first-order chi connectivity index (χ1) is 9.15. The topological polar surface area (TPSA) is 23.5 Å². The van der Waals surface area contributed by atoms with Crippen LogP contribution >= 0.6 is 0 Å². The van der Waals surface area contributed by atoms with Crippen molar-refractivity contribution in [2.24, 2.45) is 0 Å². The monoisotopic (exact) mass is 261 g/mol. The second kappa shape index (κ2) is 6.06. The van der Waals surface area contributed by atoms with Gasteiger partial charge in [-0.2, -0.15) is 0 Å². The average molecular weight is 261 g/mol. The number of likely N-dealkylation sites (tertiary alicyclic amines) is 1. The van der Waals surface area contributed by atoms with E-state index in [4.69, 9.17) is 0 Å². The van der Waals surface area contributed by atoms with Gasteiger partial charge < -0.3 is 5.11 Å². The second-order valence-electron chi connectivity index (χ2n) is 5.76. The van der Waals surface area contributed by atoms with E-state index in [1.54, 1.807) is 0 Å². The molecule has 1 heterocycles. The van der Waals surface area contributed by atoms with E-state index in [-0.39, 0.29) is 11.6 Å². The molecule has 106 valence electrons. The molecular weight excluding hydrogens is 234 g/mol. The molecule has 2 rings (SSSR count). The fourth-order valence-corrected chi connectivity index (χ4v) is 3.60. The number of rotatable bonds is 5. The molecule has 1 aliphatic heterocycles. The van der Waals surface area contributed by atoms with Gasteiger partial charge in [0.2, 0.25) is 0 Å². The number of hydrogen-bond acceptors (Lipinski definition) is 2. The number of benzene rings is 1. The molecule has 1 saturated heterocycles. The smallest absolute Gasteiger partial charge is 0.0975 e. The lowest BCUT2D eigenvalue weighted by Gasteiger charge is -2.45. The van der Waals surface area contributed by atoms with Crippen LogP contribution < -0.4 is 0 Å². The van der Waals surface area contributed by atoms with Gasteiger partial charge in [0.15, 0.2) is 0 Å². The van der Waals surface area contributed by atoms with E-state index in [9.17, 15) is 5.11 Å². The Morgan fingerprint density at radius 3 is 2.26 bits per heavy atom. The summed E-state index contributed by atoms with van der Waals surface area (Å²) in [6.45, 7) is 8.78. The van der Waals surface area contributed by atoms with Crippen LogP contribution in [0, 0.1) is 6.92 Å². The molecule has 1 aromatic rings. The summed E-state index contributed by atoms with van der Waals surface area (Å²) < 4.78 is 0. The lowest BCUT2D eigenvalue weighted by Crippen LogP contribution is -2.51. The Morgan fingerprint density at radius 2 is 1.74 bits per heavy atom. The molecular formula is C17H27NO. The molecule has 0 saturated carbocycles. The van der Waals surface area contributed by atoms with Crippen molar-refractivity contribution in [2.45, 2.75) is 58.1 Å². The highest BCUT2D eigenvalue weighted by molar-refractivity contribution is 5.30. The van der Waals surface area contributed by atoms with Crippen LogP contribution in [0.3, 0.4) is 0 Å². The number of hydrogen-bond donors (Lipinski definition) is 1. The Labute approximate surface area is 117 Å². The van der Waals surface area contributed by atoms with Gasteiger partial charge in [0.1, 0.15) is 0 Å². The third-order valence-corrected chi connectivity index (χ3v) is 4.95. The average Bonchev–Trinajstić information content (AvgIpc) is 2.96. The van der Waals surface area contributed by atoms with Crippen molar-refractivity contribution in [2.75, 3.05) is 13.1 Å². The predicted molar refractivity (Wildman–Crippen MR) is 80.3 cm³/mol. The minimum absolute atomic E-state index is 0.0946. The van der Waals surface area contributed by atoms with Crippen molar-refractivity contribution in [3.8, 4) is 0 Å². The normalized spacial score (nSPS) is 18.7. The Morgan fingerprint density at radius 1 is 1.16 bits per heavy atom. The number of aliphatic hydroxyl groups is 1. The summed E-state index contributed by atoms with van der Waals surface area (Å²) in [4.78, 5) is 2.52. The first-order valence-electron chi connectivity index (χ1n) is 7.64. The zero-order valence-electron chi connectivity index (χ0n) is 12.5. The molecule has 1 unspecified atom stereocenters. The van der Waals surface area contributed by atoms with Gasteiger partial charge in [-0.05, 0) is 56.8 Å². The number of nitrogens with zero attached hydrogens (tertiary/aromatic N) is 1. The zero-order chi connectivity index (χ0) is 13.9. The van der Waals surface area contributed by atoms with Crippen molar-refractivity contribution in [1.29, 1.82) is 0 Å². The second-order valence-corrected chi connectivity index (χ2v) is 5.76. The molecule has 1 atom stereocenters. The molecule has 1 aliphatic rings. The van der Waals surface area contributed by atoms with Crippen molar-refractivity contribution in [1.82, 2.24) is 4.90 Å². The van der Waals surface area contributed by atoms with Crippen LogP contribution in [0.15, 0.2) is 24.3 Å². The fraction of sp³-hybridized carbons (Fsp3) is 0.647. The summed E-state index contributed by atoms with van der Waals surface area (Å²) in [5.74, 6) is 0. The molecule has 1 aromatic carbocycles. The van der Waals surface area contributed by atoms with Crippen molar-refractivity contribution in [3.05, 3.63) is 35.4 Å². The van der Waals surface area contributed by atoms with E-state index in [1.165, 1.54) is 18.4 Å². The maximum Gasteiger partial charge on any atom is 0.0975 e. The van der Waals surface area contributed by atoms with Crippen molar-refractivity contribution >= 4 is 0 Å². The van der Waals surface area contributed by atoms with Crippen LogP contribution in [0.5, 0.6) is 0 Å². The molecule has 0 aromatic heterocycles. The molecule has 19 heavy (non-hydrogen) atoms. The molecule has 2 nitrogen and oxygen atoms in total. The van der Waals surface area contributed by atoms with Crippen LogP contribution in [0.4, 0.5) is 0 Å². The zero-order valence-corrected chi connectivity index (χ0v) is 12.5. The fourth-order valence-electron chi connectivity index (χ4n) is 3.60. The molecule has 0 radical (unpaired) electrons. The van der Waals surface area contributed by atoms with Gasteiger partial charge >= 0.3 is 0 Å². The molecule has 0 amide bonds. The van der Waals surface area contributed by atoms with E-state index in [0.717, 1.165) is 31.5 Å². The highest BCUT2D eigenvalue weighted by atomic mass is 16.3. The highest BCUT2D eigenvalue weighted by Gasteiger charge is 2.42. The van der Waals surface area contributed by atoms with E-state index in [0.29, 0.717) is 0 Å². The Kier molecular flexibility index (Phi) is 4.64.